The van der Waals surface area contributed by atoms with E-state index in [1.165, 1.54) is 6.07 Å². The average Bonchev–Trinajstić information content (AvgIpc) is 2.71. The molecular formula is C14H12N4O4. The van der Waals surface area contributed by atoms with Crippen molar-refractivity contribution in [2.75, 3.05) is 18.4 Å². The summed E-state index contributed by atoms with van der Waals surface area (Å²) in [5, 5.41) is 11.2. The Balaban J connectivity index is 2.06. The summed E-state index contributed by atoms with van der Waals surface area (Å²) in [6.07, 6.45) is 0. The first-order valence-corrected chi connectivity index (χ1v) is 6.45. The Hall–Kier alpha value is -3.21. The van der Waals surface area contributed by atoms with Gasteiger partial charge in [0.25, 0.3) is 0 Å². The number of anilines is 1. The molecule has 1 heterocycles. The van der Waals surface area contributed by atoms with Gasteiger partial charge in [0.05, 0.1) is 11.6 Å². The van der Waals surface area contributed by atoms with Crippen molar-refractivity contribution in [3.63, 3.8) is 0 Å². The highest BCUT2D eigenvalue weighted by atomic mass is 16.2. The third-order valence-corrected chi connectivity index (χ3v) is 3.03. The number of nitrogens with zero attached hydrogens (tertiary/aromatic N) is 3. The fourth-order valence-electron chi connectivity index (χ4n) is 1.98. The van der Waals surface area contributed by atoms with Crippen molar-refractivity contribution in [2.24, 2.45) is 0 Å². The minimum absolute atomic E-state index is 0.0613. The Morgan fingerprint density at radius 2 is 1.91 bits per heavy atom. The number of imide groups is 2. The number of benzene rings is 1. The fraction of sp³-hybridized carbons (Fsp3) is 0.214. The molecule has 1 aliphatic rings. The zero-order valence-electron chi connectivity index (χ0n) is 11.7. The average molecular weight is 300 g/mol. The van der Waals surface area contributed by atoms with E-state index >= 15 is 0 Å². The summed E-state index contributed by atoms with van der Waals surface area (Å²) in [7, 11) is 0. The number of rotatable bonds is 4. The third-order valence-electron chi connectivity index (χ3n) is 3.03. The van der Waals surface area contributed by atoms with Gasteiger partial charge in [-0.15, -0.1) is 0 Å². The first-order valence-electron chi connectivity index (χ1n) is 6.45. The molecule has 0 bridgehead atoms. The Kier molecular flexibility index (Phi) is 4.18. The van der Waals surface area contributed by atoms with E-state index in [4.69, 9.17) is 5.26 Å². The second-order valence-corrected chi connectivity index (χ2v) is 4.46. The van der Waals surface area contributed by atoms with Crippen LogP contribution in [0.15, 0.2) is 24.3 Å². The van der Waals surface area contributed by atoms with E-state index in [-0.39, 0.29) is 6.54 Å². The van der Waals surface area contributed by atoms with E-state index in [0.29, 0.717) is 16.2 Å². The molecule has 0 saturated carbocycles. The molecule has 0 atom stereocenters. The van der Waals surface area contributed by atoms with E-state index in [9.17, 15) is 19.2 Å². The van der Waals surface area contributed by atoms with Crippen LogP contribution in [0.25, 0.3) is 0 Å². The van der Waals surface area contributed by atoms with Gasteiger partial charge in [-0.25, -0.2) is 9.69 Å². The lowest BCUT2D eigenvalue weighted by molar-refractivity contribution is -0.143. The van der Waals surface area contributed by atoms with Crippen LogP contribution in [0.4, 0.5) is 10.5 Å². The SMILES string of the molecule is CCN1C(=O)C(=O)N(CC(=O)Nc2cccc(C#N)c2)C1=O. The van der Waals surface area contributed by atoms with Gasteiger partial charge in [0.2, 0.25) is 5.91 Å². The molecule has 1 aromatic carbocycles. The van der Waals surface area contributed by atoms with Crippen LogP contribution in [0.1, 0.15) is 12.5 Å². The van der Waals surface area contributed by atoms with Gasteiger partial charge in [0.15, 0.2) is 0 Å². The molecule has 0 aromatic heterocycles. The molecule has 1 aromatic rings. The highest BCUT2D eigenvalue weighted by Crippen LogP contribution is 2.13. The Bertz CT molecular complexity index is 707. The molecule has 8 nitrogen and oxygen atoms in total. The monoisotopic (exact) mass is 300 g/mol. The first-order chi connectivity index (χ1) is 10.5. The lowest BCUT2D eigenvalue weighted by atomic mass is 10.2. The predicted octanol–water partition coefficient (Wildman–Crippen LogP) is 0.307. The van der Waals surface area contributed by atoms with E-state index < -0.39 is 30.3 Å². The molecule has 1 saturated heterocycles. The van der Waals surface area contributed by atoms with Gasteiger partial charge in [0, 0.05) is 12.2 Å². The minimum Gasteiger partial charge on any atom is -0.324 e. The van der Waals surface area contributed by atoms with Crippen LogP contribution in [0.5, 0.6) is 0 Å². The van der Waals surface area contributed by atoms with Gasteiger partial charge in [-0.2, -0.15) is 5.26 Å². The van der Waals surface area contributed by atoms with E-state index in [2.05, 4.69) is 5.32 Å². The summed E-state index contributed by atoms with van der Waals surface area (Å²) in [6.45, 7) is 1.06. The molecule has 0 radical (unpaired) electrons. The molecule has 5 amide bonds. The number of hydrogen-bond acceptors (Lipinski definition) is 5. The number of carbonyl (C=O) groups excluding carboxylic acids is 4. The quantitative estimate of drug-likeness (QED) is 0.635. The Labute approximate surface area is 125 Å². The fourth-order valence-corrected chi connectivity index (χ4v) is 1.98. The van der Waals surface area contributed by atoms with Crippen LogP contribution in [0.3, 0.4) is 0 Å². The number of nitrogens with one attached hydrogen (secondary N) is 1. The molecule has 112 valence electrons. The second kappa shape index (κ2) is 6.05. The molecule has 8 heteroatoms. The standard InChI is InChI=1S/C14H12N4O4/c1-2-17-12(20)13(21)18(14(17)22)8-11(19)16-10-5-3-4-9(6-10)7-15/h3-6H,2,8H2,1H3,(H,16,19). The number of carbonyl (C=O) groups is 4. The molecule has 1 N–H and O–H groups in total. The van der Waals surface area contributed by atoms with Crippen molar-refractivity contribution < 1.29 is 19.2 Å². The summed E-state index contributed by atoms with van der Waals surface area (Å²) in [6, 6.07) is 7.29. The van der Waals surface area contributed by atoms with Crippen molar-refractivity contribution in [1.29, 1.82) is 5.26 Å². The lowest BCUT2D eigenvalue weighted by Gasteiger charge is -2.14. The van der Waals surface area contributed by atoms with Gasteiger partial charge in [-0.3, -0.25) is 19.3 Å². The molecule has 2 rings (SSSR count). The Morgan fingerprint density at radius 1 is 1.23 bits per heavy atom. The summed E-state index contributed by atoms with van der Waals surface area (Å²) in [5.41, 5.74) is 0.722. The summed E-state index contributed by atoms with van der Waals surface area (Å²) >= 11 is 0. The smallest absolute Gasteiger partial charge is 0.324 e. The van der Waals surface area contributed by atoms with Gasteiger partial charge < -0.3 is 5.32 Å². The Morgan fingerprint density at radius 3 is 2.50 bits per heavy atom. The van der Waals surface area contributed by atoms with Gasteiger partial charge in [0.1, 0.15) is 6.54 Å². The van der Waals surface area contributed by atoms with E-state index in [1.54, 1.807) is 25.1 Å². The van der Waals surface area contributed by atoms with Crippen molar-refractivity contribution in [2.45, 2.75) is 6.92 Å². The number of amides is 5. The minimum atomic E-state index is -1.02. The third kappa shape index (κ3) is 2.78. The molecule has 0 unspecified atom stereocenters. The molecular weight excluding hydrogens is 288 g/mol. The van der Waals surface area contributed by atoms with E-state index in [0.717, 1.165) is 4.90 Å². The summed E-state index contributed by atoms with van der Waals surface area (Å²) in [5.74, 6) is -2.60. The van der Waals surface area contributed by atoms with Gasteiger partial charge >= 0.3 is 17.8 Å². The highest BCUT2D eigenvalue weighted by Gasteiger charge is 2.44. The predicted molar refractivity (Wildman–Crippen MR) is 74.3 cm³/mol. The van der Waals surface area contributed by atoms with Crippen LogP contribution in [0, 0.1) is 11.3 Å². The van der Waals surface area contributed by atoms with Gasteiger partial charge in [-0.05, 0) is 25.1 Å². The zero-order valence-corrected chi connectivity index (χ0v) is 11.7. The van der Waals surface area contributed by atoms with Crippen LogP contribution in [-0.4, -0.2) is 46.6 Å². The largest absolute Gasteiger partial charge is 0.334 e. The second-order valence-electron chi connectivity index (χ2n) is 4.46. The zero-order chi connectivity index (χ0) is 16.3. The molecule has 1 fully saturated rings. The van der Waals surface area contributed by atoms with Crippen molar-refractivity contribution in [3.8, 4) is 6.07 Å². The van der Waals surface area contributed by atoms with Crippen molar-refractivity contribution >= 4 is 29.4 Å². The van der Waals surface area contributed by atoms with Crippen molar-refractivity contribution in [3.05, 3.63) is 29.8 Å². The maximum absolute atomic E-state index is 11.9. The maximum atomic E-state index is 11.9. The molecule has 22 heavy (non-hydrogen) atoms. The summed E-state index contributed by atoms with van der Waals surface area (Å²) in [4.78, 5) is 48.3. The molecule has 0 aliphatic carbocycles. The van der Waals surface area contributed by atoms with Crippen LogP contribution >= 0.6 is 0 Å². The number of nitriles is 1. The lowest BCUT2D eigenvalue weighted by Crippen LogP contribution is -2.38. The summed E-state index contributed by atoms with van der Waals surface area (Å²) < 4.78 is 0. The van der Waals surface area contributed by atoms with Gasteiger partial charge in [-0.1, -0.05) is 6.07 Å². The highest BCUT2D eigenvalue weighted by molar-refractivity contribution is 6.45. The van der Waals surface area contributed by atoms with Crippen LogP contribution < -0.4 is 5.32 Å². The normalized spacial score (nSPS) is 14.3. The molecule has 1 aliphatic heterocycles. The first kappa shape index (κ1) is 15.2. The van der Waals surface area contributed by atoms with Crippen LogP contribution in [-0.2, 0) is 14.4 Å². The number of hydrogen-bond donors (Lipinski definition) is 1. The topological polar surface area (TPSA) is 111 Å². The van der Waals surface area contributed by atoms with Crippen LogP contribution in [0.2, 0.25) is 0 Å². The van der Waals surface area contributed by atoms with Crippen molar-refractivity contribution in [1.82, 2.24) is 9.80 Å². The number of likely N-dealkylation sites (N-methyl/N-ethyl adjacent to an activating group) is 1. The number of urea groups is 1. The van der Waals surface area contributed by atoms with E-state index in [1.807, 2.05) is 6.07 Å². The molecule has 0 spiro atoms. The maximum Gasteiger partial charge on any atom is 0.334 e.